The molecule has 25 heavy (non-hydrogen) atoms. The van der Waals surface area contributed by atoms with E-state index < -0.39 is 15.4 Å². The van der Waals surface area contributed by atoms with Gasteiger partial charge in [-0.1, -0.05) is 90.9 Å². The highest BCUT2D eigenvalue weighted by molar-refractivity contribution is 7.86. The molecule has 0 heterocycles. The van der Waals surface area contributed by atoms with E-state index in [1.807, 2.05) is 6.92 Å². The van der Waals surface area contributed by atoms with Crippen LogP contribution in [0.1, 0.15) is 117 Å². The maximum Gasteiger partial charge on any atom is 0.267 e. The van der Waals surface area contributed by atoms with Crippen molar-refractivity contribution in [3.8, 4) is 0 Å². The summed E-state index contributed by atoms with van der Waals surface area (Å²) in [5.74, 6) is 0. The smallest absolute Gasteiger partial charge is 0.267 e. The standard InChI is InChI=1S/C20H42O4S/c1-3-5-7-8-9-10-11-12-15-19(21)16-13-14-18-20(17-6-4-2)25(22,23)24/h19-21H,3-18H2,1-2H3,(H,22,23,24). The van der Waals surface area contributed by atoms with Crippen molar-refractivity contribution in [1.82, 2.24) is 0 Å². The summed E-state index contributed by atoms with van der Waals surface area (Å²) in [5.41, 5.74) is 0. The van der Waals surface area contributed by atoms with Crippen LogP contribution in [0.25, 0.3) is 0 Å². The molecule has 0 fully saturated rings. The van der Waals surface area contributed by atoms with Crippen molar-refractivity contribution in [2.45, 2.75) is 128 Å². The van der Waals surface area contributed by atoms with Gasteiger partial charge in [0.1, 0.15) is 0 Å². The Bertz CT molecular complexity index is 381. The van der Waals surface area contributed by atoms with Crippen LogP contribution in [0.15, 0.2) is 0 Å². The number of aliphatic hydroxyl groups excluding tert-OH is 1. The molecule has 2 N–H and O–H groups in total. The number of aliphatic hydroxyl groups is 1. The first-order valence-corrected chi connectivity index (χ1v) is 12.1. The van der Waals surface area contributed by atoms with Gasteiger partial charge in [0, 0.05) is 0 Å². The fourth-order valence-corrected chi connectivity index (χ4v) is 4.21. The first-order valence-electron chi connectivity index (χ1n) is 10.6. The van der Waals surface area contributed by atoms with Crippen LogP contribution >= 0.6 is 0 Å². The van der Waals surface area contributed by atoms with Gasteiger partial charge >= 0.3 is 0 Å². The molecular formula is C20H42O4S. The molecule has 0 spiro atoms. The molecule has 0 aliphatic carbocycles. The summed E-state index contributed by atoms with van der Waals surface area (Å²) >= 11 is 0. The van der Waals surface area contributed by atoms with Crippen molar-refractivity contribution in [3.63, 3.8) is 0 Å². The molecule has 0 amide bonds. The first kappa shape index (κ1) is 24.9. The molecule has 0 rings (SSSR count). The summed E-state index contributed by atoms with van der Waals surface area (Å²) in [6, 6.07) is 0. The summed E-state index contributed by atoms with van der Waals surface area (Å²) in [7, 11) is -3.93. The lowest BCUT2D eigenvalue weighted by Gasteiger charge is -2.14. The second-order valence-electron chi connectivity index (χ2n) is 7.48. The quantitative estimate of drug-likeness (QED) is 0.230. The topological polar surface area (TPSA) is 74.6 Å². The van der Waals surface area contributed by atoms with Gasteiger partial charge in [-0.3, -0.25) is 4.55 Å². The Hall–Kier alpha value is -0.130. The molecule has 2 unspecified atom stereocenters. The molecule has 4 nitrogen and oxygen atoms in total. The summed E-state index contributed by atoms with van der Waals surface area (Å²) in [5, 5.41) is 9.39. The number of hydrogen-bond donors (Lipinski definition) is 2. The van der Waals surface area contributed by atoms with Gasteiger partial charge in [0.2, 0.25) is 0 Å². The lowest BCUT2D eigenvalue weighted by molar-refractivity contribution is 0.147. The van der Waals surface area contributed by atoms with Gasteiger partial charge in [-0.05, 0) is 25.7 Å². The minimum Gasteiger partial charge on any atom is -0.393 e. The average molecular weight is 379 g/mol. The van der Waals surface area contributed by atoms with Crippen LogP contribution in [0.4, 0.5) is 0 Å². The minimum atomic E-state index is -3.93. The van der Waals surface area contributed by atoms with E-state index >= 15 is 0 Å². The van der Waals surface area contributed by atoms with Crippen LogP contribution in [-0.2, 0) is 10.1 Å². The fraction of sp³-hybridized carbons (Fsp3) is 1.00. The summed E-state index contributed by atoms with van der Waals surface area (Å²) in [4.78, 5) is 0. The van der Waals surface area contributed by atoms with Crippen LogP contribution < -0.4 is 0 Å². The highest BCUT2D eigenvalue weighted by Crippen LogP contribution is 2.18. The van der Waals surface area contributed by atoms with E-state index in [1.54, 1.807) is 0 Å². The van der Waals surface area contributed by atoms with Crippen LogP contribution in [0.3, 0.4) is 0 Å². The molecule has 5 heteroatoms. The van der Waals surface area contributed by atoms with E-state index in [0.29, 0.717) is 12.8 Å². The molecule has 0 saturated carbocycles. The Morgan fingerprint density at radius 3 is 1.56 bits per heavy atom. The summed E-state index contributed by atoms with van der Waals surface area (Å²) in [6.07, 6.45) is 15.9. The first-order chi connectivity index (χ1) is 11.9. The Labute approximate surface area is 156 Å². The van der Waals surface area contributed by atoms with Gasteiger partial charge < -0.3 is 5.11 Å². The van der Waals surface area contributed by atoms with Gasteiger partial charge in [-0.25, -0.2) is 0 Å². The van der Waals surface area contributed by atoms with Crippen molar-refractivity contribution in [3.05, 3.63) is 0 Å². The lowest BCUT2D eigenvalue weighted by Crippen LogP contribution is -2.20. The number of hydrogen-bond acceptors (Lipinski definition) is 3. The highest BCUT2D eigenvalue weighted by atomic mass is 32.2. The molecule has 2 atom stereocenters. The highest BCUT2D eigenvalue weighted by Gasteiger charge is 2.21. The van der Waals surface area contributed by atoms with Gasteiger partial charge in [0.15, 0.2) is 0 Å². The molecule has 152 valence electrons. The Kier molecular flexibility index (Phi) is 16.0. The zero-order valence-electron chi connectivity index (χ0n) is 16.6. The second kappa shape index (κ2) is 16.1. The molecule has 0 aromatic heterocycles. The molecule has 0 radical (unpaired) electrons. The zero-order valence-corrected chi connectivity index (χ0v) is 17.4. The molecule has 0 aliphatic heterocycles. The second-order valence-corrected chi connectivity index (χ2v) is 9.18. The van der Waals surface area contributed by atoms with Crippen molar-refractivity contribution >= 4 is 10.1 Å². The predicted molar refractivity (Wildman–Crippen MR) is 107 cm³/mol. The van der Waals surface area contributed by atoms with E-state index in [-0.39, 0.29) is 6.10 Å². The van der Waals surface area contributed by atoms with Crippen molar-refractivity contribution in [2.75, 3.05) is 0 Å². The van der Waals surface area contributed by atoms with Crippen LogP contribution in [0.2, 0.25) is 0 Å². The van der Waals surface area contributed by atoms with Gasteiger partial charge in [0.25, 0.3) is 10.1 Å². The Morgan fingerprint density at radius 2 is 1.04 bits per heavy atom. The fourth-order valence-electron chi connectivity index (χ4n) is 3.28. The number of rotatable bonds is 18. The van der Waals surface area contributed by atoms with E-state index in [0.717, 1.165) is 44.9 Å². The SMILES string of the molecule is CCCCCCCCCCC(O)CCCCC(CCCC)S(=O)(=O)O. The van der Waals surface area contributed by atoms with E-state index in [1.165, 1.54) is 44.9 Å². The zero-order chi connectivity index (χ0) is 19.0. The maximum absolute atomic E-state index is 11.4. The lowest BCUT2D eigenvalue weighted by atomic mass is 10.0. The third-order valence-electron chi connectivity index (χ3n) is 5.01. The predicted octanol–water partition coefficient (Wildman–Crippen LogP) is 5.89. The minimum absolute atomic E-state index is 0.264. The molecule has 0 aromatic carbocycles. The largest absolute Gasteiger partial charge is 0.393 e. The van der Waals surface area contributed by atoms with E-state index in [4.69, 9.17) is 0 Å². The molecule has 0 bridgehead atoms. The van der Waals surface area contributed by atoms with Crippen molar-refractivity contribution in [1.29, 1.82) is 0 Å². The van der Waals surface area contributed by atoms with Crippen molar-refractivity contribution in [2.24, 2.45) is 0 Å². The van der Waals surface area contributed by atoms with Crippen LogP contribution in [0.5, 0.6) is 0 Å². The van der Waals surface area contributed by atoms with E-state index in [2.05, 4.69) is 6.92 Å². The third-order valence-corrected chi connectivity index (χ3v) is 6.32. The summed E-state index contributed by atoms with van der Waals surface area (Å²) < 4.78 is 32.0. The van der Waals surface area contributed by atoms with Crippen LogP contribution in [-0.4, -0.2) is 29.4 Å². The average Bonchev–Trinajstić information content (AvgIpc) is 2.55. The van der Waals surface area contributed by atoms with E-state index in [9.17, 15) is 18.1 Å². The molecular weight excluding hydrogens is 336 g/mol. The third kappa shape index (κ3) is 15.8. The Morgan fingerprint density at radius 1 is 0.640 bits per heavy atom. The molecule has 0 aliphatic rings. The van der Waals surface area contributed by atoms with Gasteiger partial charge in [0.05, 0.1) is 11.4 Å². The van der Waals surface area contributed by atoms with Crippen molar-refractivity contribution < 1.29 is 18.1 Å². The van der Waals surface area contributed by atoms with Crippen LogP contribution in [0, 0.1) is 0 Å². The summed E-state index contributed by atoms with van der Waals surface area (Å²) in [6.45, 7) is 4.25. The monoisotopic (exact) mass is 378 g/mol. The van der Waals surface area contributed by atoms with Gasteiger partial charge in [-0.15, -0.1) is 0 Å². The normalized spacial score (nSPS) is 14.6. The maximum atomic E-state index is 11.4. The number of unbranched alkanes of at least 4 members (excludes halogenated alkanes) is 9. The van der Waals surface area contributed by atoms with Gasteiger partial charge in [-0.2, -0.15) is 8.42 Å². The Balaban J connectivity index is 3.63. The molecule has 0 aromatic rings. The molecule has 0 saturated heterocycles.